The van der Waals surface area contributed by atoms with Gasteiger partial charge < -0.3 is 5.73 Å². The number of rotatable bonds is 4. The normalized spacial score (nSPS) is 10.8. The Balaban J connectivity index is 2.58. The van der Waals surface area contributed by atoms with Crippen molar-refractivity contribution in [2.24, 2.45) is 5.73 Å². The summed E-state index contributed by atoms with van der Waals surface area (Å²) in [5, 5.41) is 4.68. The molecule has 0 saturated carbocycles. The molecule has 0 spiro atoms. The van der Waals surface area contributed by atoms with Crippen LogP contribution in [0, 0.1) is 0 Å². The third kappa shape index (κ3) is 2.11. The number of hydrogen-bond donors (Lipinski definition) is 1. The van der Waals surface area contributed by atoms with E-state index in [-0.39, 0.29) is 0 Å². The maximum Gasteiger partial charge on any atom is 0.0674 e. The first kappa shape index (κ1) is 11.9. The van der Waals surface area contributed by atoms with E-state index in [1.807, 2.05) is 22.9 Å². The molecule has 2 N–H and O–H groups in total. The molecule has 0 saturated heterocycles. The van der Waals surface area contributed by atoms with Crippen LogP contribution in [0.5, 0.6) is 0 Å². The molecule has 1 aromatic heterocycles. The van der Waals surface area contributed by atoms with Crippen molar-refractivity contribution in [1.82, 2.24) is 9.78 Å². The first-order valence-corrected chi connectivity index (χ1v) is 6.16. The summed E-state index contributed by atoms with van der Waals surface area (Å²) in [5.74, 6) is 0. The van der Waals surface area contributed by atoms with E-state index >= 15 is 0 Å². The van der Waals surface area contributed by atoms with Crippen LogP contribution in [-0.4, -0.2) is 9.78 Å². The highest BCUT2D eigenvalue weighted by Crippen LogP contribution is 2.19. The van der Waals surface area contributed by atoms with Crippen molar-refractivity contribution in [2.75, 3.05) is 0 Å². The van der Waals surface area contributed by atoms with Crippen molar-refractivity contribution in [3.05, 3.63) is 47.3 Å². The van der Waals surface area contributed by atoms with Gasteiger partial charge in [0, 0.05) is 17.8 Å². The highest BCUT2D eigenvalue weighted by atomic mass is 15.3. The van der Waals surface area contributed by atoms with Gasteiger partial charge in [-0.25, -0.2) is 4.68 Å². The summed E-state index contributed by atoms with van der Waals surface area (Å²) in [6.45, 7) is 4.84. The van der Waals surface area contributed by atoms with Crippen molar-refractivity contribution in [2.45, 2.75) is 33.2 Å². The van der Waals surface area contributed by atoms with Crippen LogP contribution in [0.2, 0.25) is 0 Å². The van der Waals surface area contributed by atoms with Gasteiger partial charge in [-0.05, 0) is 25.0 Å². The molecule has 0 bridgehead atoms. The van der Waals surface area contributed by atoms with Gasteiger partial charge in [0.25, 0.3) is 0 Å². The second-order valence-corrected chi connectivity index (χ2v) is 4.03. The van der Waals surface area contributed by atoms with Crippen LogP contribution in [0.25, 0.3) is 5.69 Å². The molecule has 0 aliphatic carbocycles. The largest absolute Gasteiger partial charge is 0.326 e. The molecule has 90 valence electrons. The van der Waals surface area contributed by atoms with E-state index < -0.39 is 0 Å². The highest BCUT2D eigenvalue weighted by molar-refractivity contribution is 5.37. The SMILES string of the molecule is CCc1nn(-c2ccccc2)c(CC)c1CN. The standard InChI is InChI=1S/C14H19N3/c1-3-13-12(10-15)14(4-2)17(16-13)11-8-6-5-7-9-11/h5-9H,3-4,10,15H2,1-2H3. The van der Waals surface area contributed by atoms with E-state index in [0.29, 0.717) is 6.54 Å². The lowest BCUT2D eigenvalue weighted by molar-refractivity contribution is 0.793. The van der Waals surface area contributed by atoms with Crippen LogP contribution in [-0.2, 0) is 19.4 Å². The van der Waals surface area contributed by atoms with E-state index in [9.17, 15) is 0 Å². The molecule has 0 aliphatic rings. The number of aromatic nitrogens is 2. The second kappa shape index (κ2) is 5.15. The van der Waals surface area contributed by atoms with Crippen LogP contribution in [0.4, 0.5) is 0 Å². The number of hydrogen-bond acceptors (Lipinski definition) is 2. The van der Waals surface area contributed by atoms with Crippen LogP contribution in [0.1, 0.15) is 30.8 Å². The summed E-state index contributed by atoms with van der Waals surface area (Å²) < 4.78 is 2.03. The number of aryl methyl sites for hydroxylation is 1. The fourth-order valence-electron chi connectivity index (χ4n) is 2.20. The fourth-order valence-corrected chi connectivity index (χ4v) is 2.20. The Bertz CT molecular complexity index is 486. The second-order valence-electron chi connectivity index (χ2n) is 4.03. The van der Waals surface area contributed by atoms with E-state index in [2.05, 4.69) is 31.1 Å². The minimum Gasteiger partial charge on any atom is -0.326 e. The van der Waals surface area contributed by atoms with Gasteiger partial charge in [-0.2, -0.15) is 5.10 Å². The van der Waals surface area contributed by atoms with E-state index in [1.165, 1.54) is 11.3 Å². The van der Waals surface area contributed by atoms with E-state index in [0.717, 1.165) is 24.2 Å². The van der Waals surface area contributed by atoms with Crippen molar-refractivity contribution in [3.8, 4) is 5.69 Å². The van der Waals surface area contributed by atoms with E-state index in [4.69, 9.17) is 5.73 Å². The first-order chi connectivity index (χ1) is 8.31. The topological polar surface area (TPSA) is 43.8 Å². The molecule has 0 unspecified atom stereocenters. The van der Waals surface area contributed by atoms with Gasteiger partial charge in [-0.3, -0.25) is 0 Å². The minimum atomic E-state index is 0.569. The molecule has 0 aliphatic heterocycles. The zero-order chi connectivity index (χ0) is 12.3. The van der Waals surface area contributed by atoms with Crippen molar-refractivity contribution >= 4 is 0 Å². The molecule has 17 heavy (non-hydrogen) atoms. The predicted molar refractivity (Wildman–Crippen MR) is 70.2 cm³/mol. The summed E-state index contributed by atoms with van der Waals surface area (Å²) in [4.78, 5) is 0. The molecule has 0 amide bonds. The predicted octanol–water partition coefficient (Wildman–Crippen LogP) is 2.46. The average Bonchev–Trinajstić information content (AvgIpc) is 2.77. The Labute approximate surface area is 102 Å². The summed E-state index contributed by atoms with van der Waals surface area (Å²) >= 11 is 0. The molecule has 3 nitrogen and oxygen atoms in total. The summed E-state index contributed by atoms with van der Waals surface area (Å²) in [6, 6.07) is 10.2. The molecule has 1 heterocycles. The molecule has 2 aromatic rings. The summed E-state index contributed by atoms with van der Waals surface area (Å²) in [7, 11) is 0. The van der Waals surface area contributed by atoms with Crippen molar-refractivity contribution in [3.63, 3.8) is 0 Å². The minimum absolute atomic E-state index is 0.569. The highest BCUT2D eigenvalue weighted by Gasteiger charge is 2.14. The summed E-state index contributed by atoms with van der Waals surface area (Å²) in [5.41, 5.74) is 10.5. The lowest BCUT2D eigenvalue weighted by Crippen LogP contribution is -2.05. The van der Waals surface area contributed by atoms with Gasteiger partial charge in [-0.1, -0.05) is 32.0 Å². The molecule has 0 radical (unpaired) electrons. The van der Waals surface area contributed by atoms with Gasteiger partial charge in [0.1, 0.15) is 0 Å². The van der Waals surface area contributed by atoms with Crippen LogP contribution in [0.3, 0.4) is 0 Å². The molecule has 2 rings (SSSR count). The van der Waals surface area contributed by atoms with Gasteiger partial charge >= 0.3 is 0 Å². The lowest BCUT2D eigenvalue weighted by Gasteiger charge is -2.06. The zero-order valence-corrected chi connectivity index (χ0v) is 10.5. The third-order valence-corrected chi connectivity index (χ3v) is 3.05. The van der Waals surface area contributed by atoms with Crippen LogP contribution < -0.4 is 5.73 Å². The first-order valence-electron chi connectivity index (χ1n) is 6.16. The maximum absolute atomic E-state index is 5.84. The lowest BCUT2D eigenvalue weighted by atomic mass is 10.1. The van der Waals surface area contributed by atoms with E-state index in [1.54, 1.807) is 0 Å². The average molecular weight is 229 g/mol. The summed E-state index contributed by atoms with van der Waals surface area (Å²) in [6.07, 6.45) is 1.88. The van der Waals surface area contributed by atoms with Gasteiger partial charge in [0.15, 0.2) is 0 Å². The molecule has 3 heteroatoms. The molecule has 0 fully saturated rings. The number of benzene rings is 1. The van der Waals surface area contributed by atoms with Gasteiger partial charge in [0.05, 0.1) is 11.4 Å². The zero-order valence-electron chi connectivity index (χ0n) is 10.5. The molecular formula is C14H19N3. The van der Waals surface area contributed by atoms with Gasteiger partial charge in [0.2, 0.25) is 0 Å². The number of nitrogens with two attached hydrogens (primary N) is 1. The smallest absolute Gasteiger partial charge is 0.0674 e. The Hall–Kier alpha value is -1.61. The van der Waals surface area contributed by atoms with Gasteiger partial charge in [-0.15, -0.1) is 0 Å². The Morgan fingerprint density at radius 3 is 2.35 bits per heavy atom. The van der Waals surface area contributed by atoms with Crippen molar-refractivity contribution < 1.29 is 0 Å². The monoisotopic (exact) mass is 229 g/mol. The van der Waals surface area contributed by atoms with Crippen LogP contribution >= 0.6 is 0 Å². The molecule has 0 atom stereocenters. The number of para-hydroxylation sites is 1. The third-order valence-electron chi connectivity index (χ3n) is 3.05. The Morgan fingerprint density at radius 2 is 1.82 bits per heavy atom. The van der Waals surface area contributed by atoms with Crippen molar-refractivity contribution in [1.29, 1.82) is 0 Å². The number of nitrogens with zero attached hydrogens (tertiary/aromatic N) is 2. The Kier molecular flexibility index (Phi) is 3.59. The Morgan fingerprint density at radius 1 is 1.12 bits per heavy atom. The molecular weight excluding hydrogens is 210 g/mol. The maximum atomic E-state index is 5.84. The van der Waals surface area contributed by atoms with Crippen LogP contribution in [0.15, 0.2) is 30.3 Å². The fraction of sp³-hybridized carbons (Fsp3) is 0.357. The molecule has 1 aromatic carbocycles. The quantitative estimate of drug-likeness (QED) is 0.875.